The van der Waals surface area contributed by atoms with E-state index in [1.807, 2.05) is 0 Å². The van der Waals surface area contributed by atoms with E-state index < -0.39 is 0 Å². The normalized spacial score (nSPS) is 17.3. The van der Waals surface area contributed by atoms with Gasteiger partial charge in [0.25, 0.3) is 0 Å². The quantitative estimate of drug-likeness (QED) is 0.862. The van der Waals surface area contributed by atoms with Gasteiger partial charge in [0.1, 0.15) is 5.82 Å². The predicted molar refractivity (Wildman–Crippen MR) is 62.0 cm³/mol. The zero-order valence-electron chi connectivity index (χ0n) is 9.83. The second kappa shape index (κ2) is 4.84. The van der Waals surface area contributed by atoms with Crippen molar-refractivity contribution in [1.82, 2.24) is 5.32 Å². The van der Waals surface area contributed by atoms with Crippen molar-refractivity contribution in [1.29, 1.82) is 0 Å². The van der Waals surface area contributed by atoms with E-state index in [1.54, 1.807) is 12.1 Å². The van der Waals surface area contributed by atoms with Crippen LogP contribution in [0.1, 0.15) is 12.5 Å². The van der Waals surface area contributed by atoms with Crippen LogP contribution in [-0.4, -0.2) is 25.7 Å². The number of nitrogens with one attached hydrogen (secondary N) is 1. The maximum absolute atomic E-state index is 12.7. The first-order chi connectivity index (χ1) is 8.07. The van der Waals surface area contributed by atoms with Crippen LogP contribution < -0.4 is 5.32 Å². The molecule has 0 atom stereocenters. The minimum atomic E-state index is -0.284. The molecule has 1 N–H and O–H groups in total. The molecule has 0 saturated carbocycles. The summed E-state index contributed by atoms with van der Waals surface area (Å²) in [7, 11) is 0. The Labute approximate surface area is 100.0 Å². The fourth-order valence-electron chi connectivity index (χ4n) is 1.71. The lowest BCUT2D eigenvalue weighted by atomic mass is 9.89. The number of carbonyl (C=O) groups is 1. The van der Waals surface area contributed by atoms with Gasteiger partial charge < -0.3 is 10.1 Å². The molecule has 92 valence electrons. The Morgan fingerprint density at radius 1 is 1.41 bits per heavy atom. The molecule has 1 aromatic carbocycles. The lowest BCUT2D eigenvalue weighted by molar-refractivity contribution is -0.126. The van der Waals surface area contributed by atoms with Gasteiger partial charge in [-0.1, -0.05) is 19.1 Å². The van der Waals surface area contributed by atoms with E-state index in [0.717, 1.165) is 5.56 Å². The number of rotatable bonds is 4. The van der Waals surface area contributed by atoms with Crippen LogP contribution in [0.4, 0.5) is 4.39 Å². The lowest BCUT2D eigenvalue weighted by Crippen LogP contribution is -2.48. The van der Waals surface area contributed by atoms with Gasteiger partial charge in [-0.3, -0.25) is 4.79 Å². The van der Waals surface area contributed by atoms with Gasteiger partial charge in [-0.2, -0.15) is 0 Å². The molecule has 4 heteroatoms. The molecule has 1 saturated heterocycles. The summed E-state index contributed by atoms with van der Waals surface area (Å²) in [5, 5.41) is 2.88. The van der Waals surface area contributed by atoms with Crippen molar-refractivity contribution in [2.75, 3.05) is 19.8 Å². The zero-order chi connectivity index (χ0) is 12.3. The molecule has 1 aromatic rings. The van der Waals surface area contributed by atoms with Crippen molar-refractivity contribution in [3.05, 3.63) is 35.6 Å². The molecule has 17 heavy (non-hydrogen) atoms. The zero-order valence-corrected chi connectivity index (χ0v) is 9.83. The van der Waals surface area contributed by atoms with Crippen molar-refractivity contribution in [3.63, 3.8) is 0 Å². The van der Waals surface area contributed by atoms with Gasteiger partial charge in [-0.25, -0.2) is 4.39 Å². The standard InChI is InChI=1S/C13H16FNO2/c1-13(8-17-9-13)7-15-12(16)6-10-2-4-11(14)5-3-10/h2-5H,6-9H2,1H3,(H,15,16). The topological polar surface area (TPSA) is 38.3 Å². The van der Waals surface area contributed by atoms with Gasteiger partial charge in [0, 0.05) is 12.0 Å². The molecule has 1 amide bonds. The van der Waals surface area contributed by atoms with E-state index in [0.29, 0.717) is 19.8 Å². The van der Waals surface area contributed by atoms with E-state index in [1.165, 1.54) is 12.1 Å². The number of hydrogen-bond donors (Lipinski definition) is 1. The third-order valence-electron chi connectivity index (χ3n) is 2.89. The number of ether oxygens (including phenoxy) is 1. The minimum Gasteiger partial charge on any atom is -0.380 e. The molecular formula is C13H16FNO2. The monoisotopic (exact) mass is 237 g/mol. The van der Waals surface area contributed by atoms with Gasteiger partial charge in [-0.15, -0.1) is 0 Å². The largest absolute Gasteiger partial charge is 0.380 e. The third kappa shape index (κ3) is 3.27. The third-order valence-corrected chi connectivity index (χ3v) is 2.89. The maximum Gasteiger partial charge on any atom is 0.224 e. The number of carbonyl (C=O) groups excluding carboxylic acids is 1. The van der Waals surface area contributed by atoms with Gasteiger partial charge in [0.2, 0.25) is 5.91 Å². The first kappa shape index (κ1) is 12.0. The summed E-state index contributed by atoms with van der Waals surface area (Å²) in [5.74, 6) is -0.321. The van der Waals surface area contributed by atoms with Crippen LogP contribution in [0.25, 0.3) is 0 Å². The molecule has 0 aromatic heterocycles. The van der Waals surface area contributed by atoms with Crippen LogP contribution in [-0.2, 0) is 16.0 Å². The number of hydrogen-bond acceptors (Lipinski definition) is 2. The van der Waals surface area contributed by atoms with Crippen LogP contribution in [0.5, 0.6) is 0 Å². The molecule has 0 aliphatic carbocycles. The molecule has 1 heterocycles. The van der Waals surface area contributed by atoms with Crippen molar-refractivity contribution in [2.45, 2.75) is 13.3 Å². The van der Waals surface area contributed by atoms with Crippen LogP contribution >= 0.6 is 0 Å². The van der Waals surface area contributed by atoms with Crippen LogP contribution in [0.2, 0.25) is 0 Å². The number of benzene rings is 1. The molecule has 1 aliphatic heterocycles. The highest BCUT2D eigenvalue weighted by Crippen LogP contribution is 2.24. The summed E-state index contributed by atoms with van der Waals surface area (Å²) >= 11 is 0. The first-order valence-electron chi connectivity index (χ1n) is 5.66. The molecule has 0 spiro atoms. The van der Waals surface area contributed by atoms with Crippen LogP contribution in [0.15, 0.2) is 24.3 Å². The number of halogens is 1. The number of amides is 1. The molecule has 0 unspecified atom stereocenters. The minimum absolute atomic E-state index is 0.0373. The molecule has 1 fully saturated rings. The second-order valence-corrected chi connectivity index (χ2v) is 4.88. The smallest absolute Gasteiger partial charge is 0.224 e. The van der Waals surface area contributed by atoms with E-state index >= 15 is 0 Å². The predicted octanol–water partition coefficient (Wildman–Crippen LogP) is 1.52. The highest BCUT2D eigenvalue weighted by atomic mass is 19.1. The maximum atomic E-state index is 12.7. The SMILES string of the molecule is CC1(CNC(=O)Cc2ccc(F)cc2)COC1. The Kier molecular flexibility index (Phi) is 3.43. The Hall–Kier alpha value is -1.42. The highest BCUT2D eigenvalue weighted by molar-refractivity contribution is 5.78. The van der Waals surface area contributed by atoms with Gasteiger partial charge >= 0.3 is 0 Å². The van der Waals surface area contributed by atoms with Gasteiger partial charge in [0.05, 0.1) is 19.6 Å². The molecule has 0 radical (unpaired) electrons. The van der Waals surface area contributed by atoms with Crippen LogP contribution in [0, 0.1) is 11.2 Å². The summed E-state index contributed by atoms with van der Waals surface area (Å²) in [5.41, 5.74) is 0.900. The van der Waals surface area contributed by atoms with E-state index in [-0.39, 0.29) is 23.6 Å². The van der Waals surface area contributed by atoms with E-state index in [2.05, 4.69) is 12.2 Å². The Morgan fingerprint density at radius 3 is 2.59 bits per heavy atom. The fourth-order valence-corrected chi connectivity index (χ4v) is 1.71. The average molecular weight is 237 g/mol. The first-order valence-corrected chi connectivity index (χ1v) is 5.66. The summed E-state index contributed by atoms with van der Waals surface area (Å²) in [4.78, 5) is 11.6. The van der Waals surface area contributed by atoms with Crippen molar-refractivity contribution in [2.24, 2.45) is 5.41 Å². The van der Waals surface area contributed by atoms with E-state index in [9.17, 15) is 9.18 Å². The highest BCUT2D eigenvalue weighted by Gasteiger charge is 2.33. The lowest BCUT2D eigenvalue weighted by Gasteiger charge is -2.38. The van der Waals surface area contributed by atoms with Gasteiger partial charge in [-0.05, 0) is 17.7 Å². The molecule has 0 bridgehead atoms. The summed E-state index contributed by atoms with van der Waals surface area (Å²) in [6, 6.07) is 5.99. The molecule has 3 nitrogen and oxygen atoms in total. The van der Waals surface area contributed by atoms with Crippen molar-refractivity contribution < 1.29 is 13.9 Å². The Morgan fingerprint density at radius 2 is 2.06 bits per heavy atom. The summed E-state index contributed by atoms with van der Waals surface area (Å²) in [6.07, 6.45) is 0.289. The average Bonchev–Trinajstić information content (AvgIpc) is 2.27. The summed E-state index contributed by atoms with van der Waals surface area (Å²) in [6.45, 7) is 4.11. The Balaban J connectivity index is 1.79. The van der Waals surface area contributed by atoms with Gasteiger partial charge in [0.15, 0.2) is 0 Å². The van der Waals surface area contributed by atoms with E-state index in [4.69, 9.17) is 4.74 Å². The second-order valence-electron chi connectivity index (χ2n) is 4.88. The summed E-state index contributed by atoms with van der Waals surface area (Å²) < 4.78 is 17.8. The van der Waals surface area contributed by atoms with Crippen LogP contribution in [0.3, 0.4) is 0 Å². The molecule has 2 rings (SSSR count). The molecule has 1 aliphatic rings. The Bertz CT molecular complexity index is 398. The van der Waals surface area contributed by atoms with Crippen molar-refractivity contribution >= 4 is 5.91 Å². The fraction of sp³-hybridized carbons (Fsp3) is 0.462. The van der Waals surface area contributed by atoms with Crippen molar-refractivity contribution in [3.8, 4) is 0 Å². The molecular weight excluding hydrogens is 221 g/mol.